The van der Waals surface area contributed by atoms with Crippen LogP contribution in [0.3, 0.4) is 0 Å². The summed E-state index contributed by atoms with van der Waals surface area (Å²) in [6.45, 7) is 5.82. The molecule has 1 aromatic heterocycles. The summed E-state index contributed by atoms with van der Waals surface area (Å²) >= 11 is 0. The number of aromatic nitrogens is 1. The SMILES string of the molecule is Cc1ccc(OCC[C@H](O)N2CCC(O)(c3cnc4ccccc4c3)CC2)c(C)c1. The lowest BCUT2D eigenvalue weighted by molar-refractivity contribution is -0.0819. The van der Waals surface area contributed by atoms with Gasteiger partial charge in [0, 0.05) is 36.7 Å². The normalized spacial score (nSPS) is 17.7. The fourth-order valence-electron chi connectivity index (χ4n) is 4.22. The van der Waals surface area contributed by atoms with Gasteiger partial charge in [0.05, 0.1) is 17.7 Å². The molecule has 2 heterocycles. The van der Waals surface area contributed by atoms with Crippen LogP contribution in [0.2, 0.25) is 0 Å². The second kappa shape index (κ2) is 8.72. The van der Waals surface area contributed by atoms with Crippen molar-refractivity contribution in [3.63, 3.8) is 0 Å². The number of piperidine rings is 1. The number of hydrogen-bond donors (Lipinski definition) is 2. The molecule has 0 unspecified atom stereocenters. The van der Waals surface area contributed by atoms with E-state index in [0.717, 1.165) is 27.8 Å². The van der Waals surface area contributed by atoms with Crippen LogP contribution in [0.5, 0.6) is 5.75 Å². The Morgan fingerprint density at radius 2 is 1.87 bits per heavy atom. The average Bonchev–Trinajstić information content (AvgIpc) is 2.75. The zero-order valence-electron chi connectivity index (χ0n) is 17.7. The van der Waals surface area contributed by atoms with Gasteiger partial charge in [-0.25, -0.2) is 0 Å². The van der Waals surface area contributed by atoms with Crippen molar-refractivity contribution >= 4 is 10.9 Å². The number of likely N-dealkylation sites (tertiary alicyclic amines) is 1. The summed E-state index contributed by atoms with van der Waals surface area (Å²) in [6, 6.07) is 16.1. The molecule has 0 amide bonds. The van der Waals surface area contributed by atoms with E-state index in [1.165, 1.54) is 5.56 Å². The smallest absolute Gasteiger partial charge is 0.122 e. The van der Waals surface area contributed by atoms with Gasteiger partial charge < -0.3 is 14.9 Å². The molecule has 1 saturated heterocycles. The molecule has 1 atom stereocenters. The van der Waals surface area contributed by atoms with Crippen molar-refractivity contribution < 1.29 is 14.9 Å². The van der Waals surface area contributed by atoms with Gasteiger partial charge in [0.25, 0.3) is 0 Å². The molecule has 1 aliphatic rings. The van der Waals surface area contributed by atoms with E-state index in [1.54, 1.807) is 6.20 Å². The second-order valence-corrected chi connectivity index (χ2v) is 8.37. The lowest BCUT2D eigenvalue weighted by Crippen LogP contribution is -2.47. The molecule has 0 saturated carbocycles. The molecule has 30 heavy (non-hydrogen) atoms. The van der Waals surface area contributed by atoms with Crippen LogP contribution in [0.1, 0.15) is 36.0 Å². The number of aryl methyl sites for hydroxylation is 2. The minimum Gasteiger partial charge on any atom is -0.493 e. The number of rotatable bonds is 6. The van der Waals surface area contributed by atoms with Crippen molar-refractivity contribution in [1.29, 1.82) is 0 Å². The van der Waals surface area contributed by atoms with Crippen LogP contribution in [0.25, 0.3) is 10.9 Å². The number of benzene rings is 2. The van der Waals surface area contributed by atoms with Crippen LogP contribution in [0.15, 0.2) is 54.7 Å². The van der Waals surface area contributed by atoms with Crippen molar-refractivity contribution in [2.75, 3.05) is 19.7 Å². The number of aliphatic hydroxyl groups is 2. The third kappa shape index (κ3) is 4.48. The van der Waals surface area contributed by atoms with Crippen LogP contribution >= 0.6 is 0 Å². The molecule has 0 bridgehead atoms. The van der Waals surface area contributed by atoms with E-state index in [4.69, 9.17) is 4.74 Å². The summed E-state index contributed by atoms with van der Waals surface area (Å²) in [5, 5.41) is 22.8. The summed E-state index contributed by atoms with van der Waals surface area (Å²) < 4.78 is 5.86. The Labute approximate surface area is 177 Å². The predicted molar refractivity (Wildman–Crippen MR) is 118 cm³/mol. The minimum atomic E-state index is -0.900. The molecular formula is C25H30N2O3. The van der Waals surface area contributed by atoms with Crippen LogP contribution < -0.4 is 4.74 Å². The van der Waals surface area contributed by atoms with E-state index >= 15 is 0 Å². The van der Waals surface area contributed by atoms with E-state index in [9.17, 15) is 10.2 Å². The summed E-state index contributed by atoms with van der Waals surface area (Å²) in [5.74, 6) is 0.865. The first-order valence-corrected chi connectivity index (χ1v) is 10.6. The van der Waals surface area contributed by atoms with Gasteiger partial charge in [-0.2, -0.15) is 0 Å². The standard InChI is InChI=1S/C25H30N2O3/c1-18-7-8-23(19(2)15-18)30-14-9-24(28)27-12-10-25(29,11-13-27)21-16-20-5-3-4-6-22(20)26-17-21/h3-8,15-17,24,28-29H,9-14H2,1-2H3/t24-/m0/s1. The zero-order chi connectivity index (χ0) is 21.1. The molecular weight excluding hydrogens is 376 g/mol. The van der Waals surface area contributed by atoms with Crippen LogP contribution in [0, 0.1) is 13.8 Å². The average molecular weight is 407 g/mol. The number of ether oxygens (including phenoxy) is 1. The zero-order valence-corrected chi connectivity index (χ0v) is 17.7. The first-order valence-electron chi connectivity index (χ1n) is 10.6. The molecule has 4 rings (SSSR count). The number of pyridine rings is 1. The van der Waals surface area contributed by atoms with Gasteiger partial charge in [0.15, 0.2) is 0 Å². The summed E-state index contributed by atoms with van der Waals surface area (Å²) in [5.41, 5.74) is 3.21. The second-order valence-electron chi connectivity index (χ2n) is 8.37. The van der Waals surface area contributed by atoms with Crippen LogP contribution in [-0.2, 0) is 5.60 Å². The van der Waals surface area contributed by atoms with E-state index in [0.29, 0.717) is 39.0 Å². The lowest BCUT2D eigenvalue weighted by atomic mass is 9.84. The van der Waals surface area contributed by atoms with Crippen molar-refractivity contribution in [2.45, 2.75) is 44.9 Å². The van der Waals surface area contributed by atoms with Crippen molar-refractivity contribution in [3.05, 3.63) is 71.4 Å². The number of hydrogen-bond acceptors (Lipinski definition) is 5. The maximum absolute atomic E-state index is 11.2. The fraction of sp³-hybridized carbons (Fsp3) is 0.400. The predicted octanol–water partition coefficient (Wildman–Crippen LogP) is 3.92. The Morgan fingerprint density at radius 1 is 1.10 bits per heavy atom. The topological polar surface area (TPSA) is 65.8 Å². The third-order valence-corrected chi connectivity index (χ3v) is 6.14. The summed E-state index contributed by atoms with van der Waals surface area (Å²) in [7, 11) is 0. The van der Waals surface area contributed by atoms with Crippen molar-refractivity contribution in [3.8, 4) is 5.75 Å². The van der Waals surface area contributed by atoms with Gasteiger partial charge >= 0.3 is 0 Å². The fourth-order valence-corrected chi connectivity index (χ4v) is 4.22. The molecule has 5 nitrogen and oxygen atoms in total. The largest absolute Gasteiger partial charge is 0.493 e. The first-order chi connectivity index (χ1) is 14.4. The molecule has 1 aliphatic heterocycles. The lowest BCUT2D eigenvalue weighted by Gasteiger charge is -2.40. The molecule has 2 aromatic carbocycles. The number of para-hydroxylation sites is 1. The summed E-state index contributed by atoms with van der Waals surface area (Å²) in [4.78, 5) is 6.52. The highest BCUT2D eigenvalue weighted by atomic mass is 16.5. The molecule has 1 fully saturated rings. The Kier molecular flexibility index (Phi) is 6.04. The maximum Gasteiger partial charge on any atom is 0.122 e. The number of fused-ring (bicyclic) bond motifs is 1. The van der Waals surface area contributed by atoms with Crippen molar-refractivity contribution in [2.24, 2.45) is 0 Å². The Hall–Kier alpha value is -2.47. The van der Waals surface area contributed by atoms with E-state index in [2.05, 4.69) is 18.0 Å². The van der Waals surface area contributed by atoms with Gasteiger partial charge in [-0.1, -0.05) is 35.9 Å². The quantitative estimate of drug-likeness (QED) is 0.650. The Bertz CT molecular complexity index is 1010. The third-order valence-electron chi connectivity index (χ3n) is 6.14. The highest BCUT2D eigenvalue weighted by Crippen LogP contribution is 2.34. The van der Waals surface area contributed by atoms with E-state index in [-0.39, 0.29) is 0 Å². The van der Waals surface area contributed by atoms with Gasteiger partial charge in [-0.05, 0) is 50.5 Å². The van der Waals surface area contributed by atoms with Gasteiger partial charge in [0.1, 0.15) is 12.0 Å². The molecule has 5 heteroatoms. The Balaban J connectivity index is 1.31. The number of aliphatic hydroxyl groups excluding tert-OH is 1. The number of nitrogens with zero attached hydrogens (tertiary/aromatic N) is 2. The summed E-state index contributed by atoms with van der Waals surface area (Å²) in [6.07, 6.45) is 2.88. The monoisotopic (exact) mass is 406 g/mol. The Morgan fingerprint density at radius 3 is 2.63 bits per heavy atom. The molecule has 2 N–H and O–H groups in total. The maximum atomic E-state index is 11.2. The molecule has 0 aliphatic carbocycles. The molecule has 0 radical (unpaired) electrons. The van der Waals surface area contributed by atoms with Gasteiger partial charge in [-0.15, -0.1) is 0 Å². The van der Waals surface area contributed by atoms with Crippen molar-refractivity contribution in [1.82, 2.24) is 9.88 Å². The highest BCUT2D eigenvalue weighted by molar-refractivity contribution is 5.78. The van der Waals surface area contributed by atoms with E-state index < -0.39 is 11.8 Å². The van der Waals surface area contributed by atoms with E-state index in [1.807, 2.05) is 54.3 Å². The van der Waals surface area contributed by atoms with Gasteiger partial charge in [-0.3, -0.25) is 9.88 Å². The van der Waals surface area contributed by atoms with Crippen LogP contribution in [0.4, 0.5) is 0 Å². The molecule has 158 valence electrons. The van der Waals surface area contributed by atoms with Crippen LogP contribution in [-0.4, -0.2) is 46.0 Å². The molecule has 3 aromatic rings. The van der Waals surface area contributed by atoms with Gasteiger partial charge in [0.2, 0.25) is 0 Å². The minimum absolute atomic E-state index is 0.459. The highest BCUT2D eigenvalue weighted by Gasteiger charge is 2.36. The first kappa shape index (κ1) is 20.8. The molecule has 0 spiro atoms.